The third kappa shape index (κ3) is 0.848. The van der Waals surface area contributed by atoms with Gasteiger partial charge in [-0.3, -0.25) is 0 Å². The van der Waals surface area contributed by atoms with Gasteiger partial charge in [0.2, 0.25) is 0 Å². The maximum Gasteiger partial charge on any atom is 0.0877 e. The fraction of sp³-hybridized carbons (Fsp3) is 0.750. The fourth-order valence-electron chi connectivity index (χ4n) is 1.56. The Morgan fingerprint density at radius 1 is 0.900 bits per heavy atom. The summed E-state index contributed by atoms with van der Waals surface area (Å²) in [5.74, 6) is 0. The van der Waals surface area contributed by atoms with E-state index in [0.29, 0.717) is 0 Å². The molecule has 0 radical (unpaired) electrons. The van der Waals surface area contributed by atoms with E-state index in [1.54, 1.807) is 0 Å². The number of ether oxygens (including phenoxy) is 1. The molecular formula is C8H11IO. The summed E-state index contributed by atoms with van der Waals surface area (Å²) in [7, 11) is 0. The van der Waals surface area contributed by atoms with Crippen molar-refractivity contribution in [3.8, 4) is 0 Å². The Bertz CT molecular complexity index is 169. The molecule has 2 aliphatic carbocycles. The van der Waals surface area contributed by atoms with Crippen LogP contribution in [0.5, 0.6) is 0 Å². The monoisotopic (exact) mass is 250 g/mol. The average molecular weight is 250 g/mol. The molecule has 1 nitrogen and oxygen atoms in total. The van der Waals surface area contributed by atoms with E-state index in [4.69, 9.17) is 4.74 Å². The molecule has 3 aliphatic rings. The highest BCUT2D eigenvalue weighted by Crippen LogP contribution is 2.56. The zero-order chi connectivity index (χ0) is 5.95. The van der Waals surface area contributed by atoms with Gasteiger partial charge in [-0.15, -0.1) is 24.0 Å². The predicted octanol–water partition coefficient (Wildman–Crippen LogP) is 2.26. The quantitative estimate of drug-likeness (QED) is 0.473. The molecule has 1 aliphatic heterocycles. The molecule has 2 heteroatoms. The Morgan fingerprint density at radius 2 is 1.30 bits per heavy atom. The first-order valence-corrected chi connectivity index (χ1v) is 3.73. The highest BCUT2D eigenvalue weighted by molar-refractivity contribution is 14.0. The topological polar surface area (TPSA) is 9.23 Å². The molecule has 0 atom stereocenters. The van der Waals surface area contributed by atoms with Crippen molar-refractivity contribution in [3.05, 3.63) is 12.2 Å². The van der Waals surface area contributed by atoms with Gasteiger partial charge in [0.1, 0.15) is 0 Å². The van der Waals surface area contributed by atoms with E-state index in [9.17, 15) is 0 Å². The smallest absolute Gasteiger partial charge is 0.0877 e. The fourth-order valence-corrected chi connectivity index (χ4v) is 1.56. The van der Waals surface area contributed by atoms with Gasteiger partial charge in [-0.05, 0) is 25.7 Å². The van der Waals surface area contributed by atoms with Crippen molar-refractivity contribution in [1.82, 2.24) is 0 Å². The number of hydrogen-bond donors (Lipinski definition) is 0. The van der Waals surface area contributed by atoms with Crippen LogP contribution in [0.3, 0.4) is 0 Å². The van der Waals surface area contributed by atoms with E-state index >= 15 is 0 Å². The highest BCUT2D eigenvalue weighted by Gasteiger charge is 2.57. The molecule has 0 aromatic rings. The van der Waals surface area contributed by atoms with Gasteiger partial charge in [0.05, 0.1) is 11.2 Å². The summed E-state index contributed by atoms with van der Waals surface area (Å²) < 4.78 is 5.85. The molecule has 0 aromatic carbocycles. The van der Waals surface area contributed by atoms with Crippen LogP contribution in [0, 0.1) is 0 Å². The Labute approximate surface area is 77.8 Å². The third-order valence-corrected chi connectivity index (χ3v) is 2.58. The molecule has 0 aromatic heterocycles. The normalized spacial score (nSPS) is 34.4. The lowest BCUT2D eigenvalue weighted by atomic mass is 10.3. The molecule has 0 bridgehead atoms. The minimum atomic E-state index is 0. The van der Waals surface area contributed by atoms with Crippen molar-refractivity contribution in [2.75, 3.05) is 0 Å². The minimum Gasteiger partial charge on any atom is -0.360 e. The van der Waals surface area contributed by atoms with Crippen LogP contribution in [0.2, 0.25) is 0 Å². The van der Waals surface area contributed by atoms with Crippen molar-refractivity contribution in [2.24, 2.45) is 0 Å². The van der Waals surface area contributed by atoms with Gasteiger partial charge in [0.25, 0.3) is 0 Å². The van der Waals surface area contributed by atoms with Crippen molar-refractivity contribution < 1.29 is 4.74 Å². The van der Waals surface area contributed by atoms with Gasteiger partial charge in [0.15, 0.2) is 0 Å². The lowest BCUT2D eigenvalue weighted by Gasteiger charge is -2.09. The van der Waals surface area contributed by atoms with Gasteiger partial charge in [-0.2, -0.15) is 0 Å². The molecular weight excluding hydrogens is 239 g/mol. The molecule has 2 spiro atoms. The largest absolute Gasteiger partial charge is 0.360 e. The highest BCUT2D eigenvalue weighted by atomic mass is 127. The molecule has 2 fully saturated rings. The predicted molar refractivity (Wildman–Crippen MR) is 49.6 cm³/mol. The second kappa shape index (κ2) is 1.78. The molecule has 0 N–H and O–H groups in total. The Morgan fingerprint density at radius 3 is 1.50 bits per heavy atom. The molecule has 3 rings (SSSR count). The summed E-state index contributed by atoms with van der Waals surface area (Å²) in [6.07, 6.45) is 9.63. The van der Waals surface area contributed by atoms with E-state index < -0.39 is 0 Å². The van der Waals surface area contributed by atoms with E-state index in [1.807, 2.05) is 0 Å². The van der Waals surface area contributed by atoms with Gasteiger partial charge in [-0.25, -0.2) is 0 Å². The maximum absolute atomic E-state index is 5.85. The second-order valence-electron chi connectivity index (χ2n) is 3.56. The summed E-state index contributed by atoms with van der Waals surface area (Å²) >= 11 is 0. The van der Waals surface area contributed by atoms with Crippen molar-refractivity contribution in [3.63, 3.8) is 0 Å². The first-order chi connectivity index (χ1) is 4.33. The van der Waals surface area contributed by atoms with E-state index in [0.717, 1.165) is 0 Å². The SMILES string of the molecule is C1=CC2(CC2)OC12CC2.I. The van der Waals surface area contributed by atoms with Gasteiger partial charge in [-0.1, -0.05) is 12.2 Å². The Balaban J connectivity index is 0.000000403. The Kier molecular flexibility index (Phi) is 1.26. The lowest BCUT2D eigenvalue weighted by molar-refractivity contribution is 0.0280. The van der Waals surface area contributed by atoms with Gasteiger partial charge in [0, 0.05) is 0 Å². The standard InChI is InChI=1S/C8H10O.HI/c1-2-7(1)5-6-8(9-7)3-4-8;/h5-6H,1-4H2;1H. The van der Waals surface area contributed by atoms with Crippen LogP contribution in [-0.2, 0) is 4.74 Å². The van der Waals surface area contributed by atoms with E-state index in [2.05, 4.69) is 12.2 Å². The summed E-state index contributed by atoms with van der Waals surface area (Å²) in [5.41, 5.74) is 0.521. The van der Waals surface area contributed by atoms with Crippen LogP contribution >= 0.6 is 24.0 Å². The van der Waals surface area contributed by atoms with Crippen molar-refractivity contribution in [2.45, 2.75) is 36.9 Å². The average Bonchev–Trinajstić information content (AvgIpc) is 2.62. The summed E-state index contributed by atoms with van der Waals surface area (Å²) in [6.45, 7) is 0. The second-order valence-corrected chi connectivity index (χ2v) is 3.56. The van der Waals surface area contributed by atoms with Gasteiger partial charge < -0.3 is 4.74 Å². The van der Waals surface area contributed by atoms with Crippen LogP contribution in [0.1, 0.15) is 25.7 Å². The van der Waals surface area contributed by atoms with E-state index in [1.165, 1.54) is 25.7 Å². The van der Waals surface area contributed by atoms with E-state index in [-0.39, 0.29) is 35.2 Å². The maximum atomic E-state index is 5.85. The molecule has 56 valence electrons. The molecule has 0 saturated heterocycles. The molecule has 1 heterocycles. The van der Waals surface area contributed by atoms with Crippen LogP contribution in [0.25, 0.3) is 0 Å². The van der Waals surface area contributed by atoms with Crippen LogP contribution in [0.15, 0.2) is 12.2 Å². The Hall–Kier alpha value is 0.430. The lowest BCUT2D eigenvalue weighted by Crippen LogP contribution is -2.12. The summed E-state index contributed by atoms with van der Waals surface area (Å²) in [5, 5.41) is 0. The molecule has 0 amide bonds. The van der Waals surface area contributed by atoms with Crippen LogP contribution in [0.4, 0.5) is 0 Å². The van der Waals surface area contributed by atoms with Gasteiger partial charge >= 0.3 is 0 Å². The summed E-state index contributed by atoms with van der Waals surface area (Å²) in [6, 6.07) is 0. The number of halogens is 1. The third-order valence-electron chi connectivity index (χ3n) is 2.58. The molecule has 10 heavy (non-hydrogen) atoms. The number of hydrogen-bond acceptors (Lipinski definition) is 1. The zero-order valence-electron chi connectivity index (χ0n) is 5.80. The van der Waals surface area contributed by atoms with Crippen molar-refractivity contribution in [1.29, 1.82) is 0 Å². The van der Waals surface area contributed by atoms with Crippen LogP contribution in [-0.4, -0.2) is 11.2 Å². The molecule has 2 saturated carbocycles. The molecule has 0 unspecified atom stereocenters. The number of rotatable bonds is 0. The first kappa shape index (κ1) is 7.10. The first-order valence-electron chi connectivity index (χ1n) is 3.73. The van der Waals surface area contributed by atoms with Crippen molar-refractivity contribution >= 4 is 24.0 Å². The summed E-state index contributed by atoms with van der Waals surface area (Å²) in [4.78, 5) is 0. The minimum absolute atomic E-state index is 0. The zero-order valence-corrected chi connectivity index (χ0v) is 8.13. The van der Waals surface area contributed by atoms with Crippen LogP contribution < -0.4 is 0 Å².